The minimum Gasteiger partial charge on any atom is -0.492 e. The van der Waals surface area contributed by atoms with Gasteiger partial charge >= 0.3 is 5.97 Å². The number of amides is 1. The van der Waals surface area contributed by atoms with Gasteiger partial charge in [-0.2, -0.15) is 0 Å². The van der Waals surface area contributed by atoms with E-state index in [2.05, 4.69) is 10.6 Å². The first-order valence-electron chi connectivity index (χ1n) is 15.6. The van der Waals surface area contributed by atoms with Crippen molar-refractivity contribution in [1.29, 1.82) is 0 Å². The van der Waals surface area contributed by atoms with E-state index in [1.54, 1.807) is 4.57 Å². The van der Waals surface area contributed by atoms with Gasteiger partial charge in [0.15, 0.2) is 16.4 Å². The van der Waals surface area contributed by atoms with Crippen molar-refractivity contribution in [2.24, 2.45) is 5.92 Å². The lowest BCUT2D eigenvalue weighted by Crippen LogP contribution is -2.45. The summed E-state index contributed by atoms with van der Waals surface area (Å²) in [6, 6.07) is 4.89. The van der Waals surface area contributed by atoms with Crippen molar-refractivity contribution < 1.29 is 33.5 Å². The van der Waals surface area contributed by atoms with Crippen LogP contribution in [-0.4, -0.2) is 76.7 Å². The highest BCUT2D eigenvalue weighted by Gasteiger charge is 2.38. The first-order chi connectivity index (χ1) is 23.0. The summed E-state index contributed by atoms with van der Waals surface area (Å²) in [4.78, 5) is 50.5. The van der Waals surface area contributed by atoms with Crippen molar-refractivity contribution in [3.63, 3.8) is 0 Å². The molecule has 6 rings (SSSR count). The van der Waals surface area contributed by atoms with Crippen LogP contribution in [0.4, 0.5) is 15.8 Å². The van der Waals surface area contributed by atoms with Crippen molar-refractivity contribution in [3.8, 4) is 5.75 Å². The van der Waals surface area contributed by atoms with Crippen molar-refractivity contribution >= 4 is 57.4 Å². The molecule has 4 atom stereocenters. The van der Waals surface area contributed by atoms with Gasteiger partial charge in [-0.05, 0) is 61.9 Å². The van der Waals surface area contributed by atoms with Crippen LogP contribution >= 0.6 is 23.2 Å². The smallest absolute Gasteiger partial charge is 0.343 e. The number of pyridine rings is 1. The number of hydrogen-bond acceptors (Lipinski definition) is 10. The number of benzene rings is 2. The molecule has 2 saturated heterocycles. The predicted octanol–water partition coefficient (Wildman–Crippen LogP) is 3.76. The van der Waals surface area contributed by atoms with E-state index in [0.717, 1.165) is 50.4 Å². The number of non-ortho nitro benzene ring substituents is 1. The molecule has 0 spiro atoms. The average Bonchev–Trinajstić information content (AvgIpc) is 3.83. The molecule has 1 amide bonds. The highest BCUT2D eigenvalue weighted by Crippen LogP contribution is 2.45. The molecule has 0 radical (unpaired) electrons. The predicted molar refractivity (Wildman–Crippen MR) is 175 cm³/mol. The molecule has 3 fully saturated rings. The number of aromatic nitrogens is 1. The fourth-order valence-electron chi connectivity index (χ4n) is 6.67. The molecular weight excluding hydrogens is 672 g/mol. The fourth-order valence-corrected chi connectivity index (χ4v) is 6.80. The molecule has 2 aliphatic heterocycles. The number of rotatable bonds is 11. The Hall–Kier alpha value is -3.98. The van der Waals surface area contributed by atoms with Crippen LogP contribution in [0.2, 0.25) is 0 Å². The van der Waals surface area contributed by atoms with E-state index < -0.39 is 51.6 Å². The summed E-state index contributed by atoms with van der Waals surface area (Å²) in [5.74, 6) is -2.02. The number of alkyl halides is 2. The number of aliphatic hydroxyl groups excluding tert-OH is 1. The summed E-state index contributed by atoms with van der Waals surface area (Å²) in [5, 5.41) is 27.9. The number of hydrogen-bond donors (Lipinski definition) is 3. The summed E-state index contributed by atoms with van der Waals surface area (Å²) in [6.07, 6.45) is 3.50. The third-order valence-electron chi connectivity index (χ3n) is 9.22. The van der Waals surface area contributed by atoms with Crippen molar-refractivity contribution in [2.75, 3.05) is 38.3 Å². The molecule has 3 aliphatic rings. The molecular formula is C32H34Cl2FN5O8. The lowest BCUT2D eigenvalue weighted by molar-refractivity contribution is -0.384. The molecule has 0 bridgehead atoms. The van der Waals surface area contributed by atoms with Gasteiger partial charge in [0.1, 0.15) is 24.0 Å². The maximum atomic E-state index is 16.0. The fraction of sp³-hybridized carbons (Fsp3) is 0.469. The summed E-state index contributed by atoms with van der Waals surface area (Å²) < 4.78 is 29.0. The van der Waals surface area contributed by atoms with Crippen LogP contribution in [0.25, 0.3) is 10.9 Å². The standard InChI is InChI=1S/C32H34Cl2FN5O8/c1-47-29-25-20(11-22(35)26(29)38-12-17-3-2-10-36-23(17)14-38)28(42)21(13-39(25)18-8-9-18)32(44)48-15-24(37-31(43)30(33)34)27(41)16-4-6-19(7-5-16)40(45)46/h4-7,11,13,17-18,23-24,27,30,36,41H,2-3,8-10,12,14-15H2,1H3,(H,37,43). The first kappa shape index (κ1) is 33.9. The Bertz CT molecular complexity index is 1790. The van der Waals surface area contributed by atoms with Crippen molar-refractivity contribution in [3.05, 3.63) is 73.8 Å². The van der Waals surface area contributed by atoms with Crippen molar-refractivity contribution in [2.45, 2.75) is 54.7 Å². The van der Waals surface area contributed by atoms with Gasteiger partial charge in [0.2, 0.25) is 5.43 Å². The molecule has 16 heteroatoms. The summed E-state index contributed by atoms with van der Waals surface area (Å²) in [6.45, 7) is 1.52. The molecule has 13 nitrogen and oxygen atoms in total. The van der Waals surface area contributed by atoms with Crippen LogP contribution in [0.1, 0.15) is 53.8 Å². The number of carbonyl (C=O) groups excluding carboxylic acids is 2. The Morgan fingerprint density at radius 3 is 2.56 bits per heavy atom. The third kappa shape index (κ3) is 6.66. The minimum absolute atomic E-state index is 0.0490. The number of methoxy groups -OCH3 is 1. The molecule has 256 valence electrons. The molecule has 3 N–H and O–H groups in total. The number of ether oxygens (including phenoxy) is 2. The second-order valence-electron chi connectivity index (χ2n) is 12.3. The van der Waals surface area contributed by atoms with Crippen molar-refractivity contribution in [1.82, 2.24) is 15.2 Å². The zero-order chi connectivity index (χ0) is 34.3. The van der Waals surface area contributed by atoms with Crippen LogP contribution < -0.4 is 25.7 Å². The van der Waals surface area contributed by atoms with Gasteiger partial charge in [0.25, 0.3) is 11.6 Å². The monoisotopic (exact) mass is 705 g/mol. The molecule has 2 aromatic carbocycles. The quantitative estimate of drug-likeness (QED) is 0.116. The summed E-state index contributed by atoms with van der Waals surface area (Å²) in [7, 11) is 1.43. The lowest BCUT2D eigenvalue weighted by atomic mass is 9.94. The SMILES string of the molecule is COc1c(N2CC3CCCNC3C2)c(F)cc2c(=O)c(C(=O)OCC(NC(=O)C(Cl)Cl)C(O)c3ccc([N+](=O)[O-])cc3)cn(C3CC3)c12. The van der Waals surface area contributed by atoms with Gasteiger partial charge in [-0.1, -0.05) is 23.2 Å². The summed E-state index contributed by atoms with van der Waals surface area (Å²) >= 11 is 11.4. The largest absolute Gasteiger partial charge is 0.492 e. The van der Waals surface area contributed by atoms with Gasteiger partial charge in [0, 0.05) is 43.5 Å². The zero-order valence-electron chi connectivity index (χ0n) is 25.9. The molecule has 1 aliphatic carbocycles. The number of piperidine rings is 1. The van der Waals surface area contributed by atoms with Gasteiger partial charge in [-0.15, -0.1) is 0 Å². The molecule has 1 aromatic heterocycles. The van der Waals surface area contributed by atoms with Crippen LogP contribution in [0.5, 0.6) is 5.75 Å². The number of carbonyl (C=O) groups is 2. The molecule has 1 saturated carbocycles. The zero-order valence-corrected chi connectivity index (χ0v) is 27.4. The van der Waals surface area contributed by atoms with E-state index >= 15 is 4.39 Å². The van der Waals surface area contributed by atoms with Gasteiger partial charge < -0.3 is 34.7 Å². The van der Waals surface area contributed by atoms with E-state index in [1.165, 1.54) is 25.4 Å². The number of nitro groups is 1. The number of fused-ring (bicyclic) bond motifs is 2. The topological polar surface area (TPSA) is 165 Å². The molecule has 48 heavy (non-hydrogen) atoms. The maximum Gasteiger partial charge on any atom is 0.343 e. The Morgan fingerprint density at radius 2 is 1.94 bits per heavy atom. The van der Waals surface area contributed by atoms with Gasteiger partial charge in [-0.3, -0.25) is 19.7 Å². The van der Waals surface area contributed by atoms with Gasteiger partial charge in [0.05, 0.1) is 29.0 Å². The van der Waals surface area contributed by atoms with Crippen LogP contribution in [0.15, 0.2) is 41.3 Å². The molecule has 4 unspecified atom stereocenters. The van der Waals surface area contributed by atoms with Crippen LogP contribution in [0, 0.1) is 21.8 Å². The van der Waals surface area contributed by atoms with Gasteiger partial charge in [-0.25, -0.2) is 9.18 Å². The number of anilines is 1. The highest BCUT2D eigenvalue weighted by molar-refractivity contribution is 6.53. The molecule has 3 aromatic rings. The van der Waals surface area contributed by atoms with E-state index in [9.17, 15) is 29.6 Å². The lowest BCUT2D eigenvalue weighted by Gasteiger charge is -2.25. The minimum atomic E-state index is -1.52. The third-order valence-corrected chi connectivity index (χ3v) is 9.62. The first-order valence-corrected chi connectivity index (χ1v) is 16.5. The Kier molecular flexibility index (Phi) is 9.79. The number of aliphatic hydroxyl groups is 1. The summed E-state index contributed by atoms with van der Waals surface area (Å²) in [5.41, 5.74) is -0.543. The van der Waals surface area contributed by atoms with Crippen LogP contribution in [0.3, 0.4) is 0 Å². The Balaban J connectivity index is 1.31. The number of nitrogens with one attached hydrogen (secondary N) is 2. The normalized spacial score (nSPS) is 20.3. The number of nitro benzene ring substituents is 1. The highest BCUT2D eigenvalue weighted by atomic mass is 35.5. The van der Waals surface area contributed by atoms with E-state index in [-0.39, 0.29) is 45.7 Å². The average molecular weight is 707 g/mol. The number of esters is 1. The van der Waals surface area contributed by atoms with Crippen LogP contribution in [-0.2, 0) is 9.53 Å². The Morgan fingerprint density at radius 1 is 1.21 bits per heavy atom. The second-order valence-corrected chi connectivity index (χ2v) is 13.4. The number of nitrogens with zero attached hydrogens (tertiary/aromatic N) is 3. The van der Waals surface area contributed by atoms with E-state index in [4.69, 9.17) is 32.7 Å². The number of halogens is 3. The second kappa shape index (κ2) is 13.9. The van der Waals surface area contributed by atoms with E-state index in [0.29, 0.717) is 24.5 Å². The maximum absolute atomic E-state index is 16.0. The molecule has 3 heterocycles. The van der Waals surface area contributed by atoms with E-state index in [1.807, 2.05) is 4.90 Å². The Labute approximate surface area is 284 Å².